The van der Waals surface area contributed by atoms with Gasteiger partial charge in [0.1, 0.15) is 22.9 Å². The average molecular weight is 634 g/mol. The van der Waals surface area contributed by atoms with Crippen molar-refractivity contribution < 1.29 is 41.0 Å². The smallest absolute Gasteiger partial charge is 0.405 e. The Balaban J connectivity index is 2.04. The van der Waals surface area contributed by atoms with Crippen LogP contribution >= 0.6 is 0 Å². The highest BCUT2D eigenvalue weighted by Gasteiger charge is 2.27. The molecule has 232 valence electrons. The molecule has 0 radical (unpaired) electrons. The highest BCUT2D eigenvalue weighted by Crippen LogP contribution is 2.40. The highest BCUT2D eigenvalue weighted by atomic mass is 32.2. The van der Waals surface area contributed by atoms with E-state index >= 15 is 0 Å². The molecule has 1 atom stereocenters. The van der Waals surface area contributed by atoms with E-state index in [0.29, 0.717) is 6.07 Å². The number of pyridine rings is 1. The molecule has 0 bridgehead atoms. The van der Waals surface area contributed by atoms with Crippen LogP contribution in [-0.2, 0) is 23.5 Å². The van der Waals surface area contributed by atoms with E-state index in [1.165, 1.54) is 43.8 Å². The molecule has 4 rings (SSSR count). The number of amides is 1. The van der Waals surface area contributed by atoms with Gasteiger partial charge in [-0.25, -0.2) is 35.8 Å². The normalized spacial score (nSPS) is 12.6. The third-order valence-corrected chi connectivity index (χ3v) is 6.80. The lowest BCUT2D eigenvalue weighted by molar-refractivity contribution is 0.143. The highest BCUT2D eigenvalue weighted by molar-refractivity contribution is 7.92. The average Bonchev–Trinajstić information content (AvgIpc) is 3.19. The molecule has 2 aromatic carbocycles. The van der Waals surface area contributed by atoms with Crippen molar-refractivity contribution in [1.82, 2.24) is 20.1 Å². The molecule has 2 heterocycles. The minimum absolute atomic E-state index is 0.00420. The summed E-state index contributed by atoms with van der Waals surface area (Å²) < 4.78 is 83.8. The monoisotopic (exact) mass is 633 g/mol. The predicted molar refractivity (Wildman–Crippen MR) is 155 cm³/mol. The number of aromatic nitrogens is 3. The van der Waals surface area contributed by atoms with Crippen LogP contribution in [0.2, 0.25) is 0 Å². The van der Waals surface area contributed by atoms with Crippen molar-refractivity contribution in [2.75, 3.05) is 11.0 Å². The number of aryl methyl sites for hydroxylation is 1. The van der Waals surface area contributed by atoms with Crippen molar-refractivity contribution in [3.63, 3.8) is 0 Å². The van der Waals surface area contributed by atoms with E-state index in [-0.39, 0.29) is 51.2 Å². The largest absolute Gasteiger partial charge is 0.465 e. The maximum absolute atomic E-state index is 14.1. The number of aliphatic hydroxyl groups is 1. The van der Waals surface area contributed by atoms with Crippen molar-refractivity contribution >= 4 is 32.8 Å². The van der Waals surface area contributed by atoms with Crippen molar-refractivity contribution in [3.05, 3.63) is 76.6 Å². The lowest BCUT2D eigenvalue weighted by Gasteiger charge is -2.21. The molecule has 0 aliphatic heterocycles. The number of hydrogen-bond donors (Lipinski definition) is 4. The first-order valence-corrected chi connectivity index (χ1v) is 14.8. The van der Waals surface area contributed by atoms with E-state index in [4.69, 9.17) is 0 Å². The van der Waals surface area contributed by atoms with Gasteiger partial charge in [-0.3, -0.25) is 9.40 Å². The van der Waals surface area contributed by atoms with Crippen LogP contribution in [0.25, 0.3) is 22.0 Å². The molecular formula is C29H27F4N5O5S. The molecule has 44 heavy (non-hydrogen) atoms. The Kier molecular flexibility index (Phi) is 8.89. The number of carbonyl (C=O) groups is 1. The van der Waals surface area contributed by atoms with Crippen LogP contribution in [0.5, 0.6) is 0 Å². The number of alkyl halides is 2. The SMILES string of the molecule is Cn1nc(NS(C)(=O)=O)c2c(C(F)F)ccc(-c3ccc(C#CC(C)(C)O)nc3C(Cc3cc(F)cc(F)c3)NC(=O)O)c21. The fourth-order valence-electron chi connectivity index (χ4n) is 4.67. The summed E-state index contributed by atoms with van der Waals surface area (Å²) in [5.74, 6) is 3.16. The molecule has 2 aromatic heterocycles. The molecule has 0 fully saturated rings. The predicted octanol–water partition coefficient (Wildman–Crippen LogP) is 4.90. The van der Waals surface area contributed by atoms with Gasteiger partial charge in [0.15, 0.2) is 5.82 Å². The fourth-order valence-corrected chi connectivity index (χ4v) is 5.17. The molecule has 10 nitrogen and oxygen atoms in total. The van der Waals surface area contributed by atoms with Crippen LogP contribution in [0.1, 0.15) is 48.8 Å². The Morgan fingerprint density at radius 1 is 1.09 bits per heavy atom. The Hall–Kier alpha value is -4.68. The van der Waals surface area contributed by atoms with E-state index < -0.39 is 51.4 Å². The van der Waals surface area contributed by atoms with Gasteiger partial charge in [0, 0.05) is 29.8 Å². The summed E-state index contributed by atoms with van der Waals surface area (Å²) in [7, 11) is -2.52. The number of benzene rings is 2. The molecule has 1 amide bonds. The van der Waals surface area contributed by atoms with Crippen LogP contribution in [0.4, 0.5) is 28.2 Å². The number of rotatable bonds is 8. The molecular weight excluding hydrogens is 606 g/mol. The molecule has 0 spiro atoms. The standard InChI is InChI=1S/C29H27F4N5O5S/c1-29(2,41)10-9-18-5-6-19(24(34-18)22(35-28(39)40)13-15-11-16(30)14-17(31)12-15)20-7-8-21(26(32)33)23-25(20)38(3)36-27(23)37-44(4,42)43/h5-8,11-12,14,22,26,35,41H,13H2,1-4H3,(H,36,37)(H,39,40). The quantitative estimate of drug-likeness (QED) is 0.160. The fraction of sp³-hybridized carbons (Fsp3) is 0.276. The molecule has 4 aromatic rings. The van der Waals surface area contributed by atoms with Crippen LogP contribution in [-0.4, -0.2) is 51.3 Å². The van der Waals surface area contributed by atoms with Crippen LogP contribution < -0.4 is 10.0 Å². The Morgan fingerprint density at radius 2 is 1.73 bits per heavy atom. The zero-order valence-electron chi connectivity index (χ0n) is 23.8. The van der Waals surface area contributed by atoms with Crippen LogP contribution in [0.3, 0.4) is 0 Å². The molecule has 0 saturated carbocycles. The second-order valence-electron chi connectivity index (χ2n) is 10.5. The summed E-state index contributed by atoms with van der Waals surface area (Å²) in [5.41, 5.74) is -1.25. The third kappa shape index (κ3) is 7.63. The van der Waals surface area contributed by atoms with Crippen LogP contribution in [0.15, 0.2) is 42.5 Å². The summed E-state index contributed by atoms with van der Waals surface area (Å²) in [4.78, 5) is 16.4. The Bertz CT molecular complexity index is 1910. The van der Waals surface area contributed by atoms with Crippen molar-refractivity contribution in [2.45, 2.75) is 38.3 Å². The van der Waals surface area contributed by atoms with Crippen molar-refractivity contribution in [1.29, 1.82) is 0 Å². The first kappa shape index (κ1) is 32.2. The summed E-state index contributed by atoms with van der Waals surface area (Å²) >= 11 is 0. The summed E-state index contributed by atoms with van der Waals surface area (Å²) in [6.07, 6.45) is -3.96. The van der Waals surface area contributed by atoms with E-state index in [0.717, 1.165) is 24.5 Å². The minimum atomic E-state index is -3.93. The zero-order chi connectivity index (χ0) is 32.6. The van der Waals surface area contributed by atoms with Gasteiger partial charge < -0.3 is 15.5 Å². The van der Waals surface area contributed by atoms with Gasteiger partial charge in [-0.2, -0.15) is 5.10 Å². The van der Waals surface area contributed by atoms with E-state index in [1.807, 2.05) is 0 Å². The maximum atomic E-state index is 14.1. The van der Waals surface area contributed by atoms with Gasteiger partial charge in [0.05, 0.1) is 28.9 Å². The minimum Gasteiger partial charge on any atom is -0.465 e. The van der Waals surface area contributed by atoms with Crippen molar-refractivity contribution in [2.24, 2.45) is 7.05 Å². The summed E-state index contributed by atoms with van der Waals surface area (Å²) in [6.45, 7) is 2.88. The molecule has 1 unspecified atom stereocenters. The van der Waals surface area contributed by atoms with E-state index in [2.05, 4.69) is 32.0 Å². The lowest BCUT2D eigenvalue weighted by Crippen LogP contribution is -2.30. The van der Waals surface area contributed by atoms with Crippen LogP contribution in [0, 0.1) is 23.5 Å². The van der Waals surface area contributed by atoms with E-state index in [1.54, 1.807) is 0 Å². The first-order valence-electron chi connectivity index (χ1n) is 12.9. The number of halogens is 4. The van der Waals surface area contributed by atoms with Gasteiger partial charge in [0.25, 0.3) is 6.43 Å². The number of nitrogens with zero attached hydrogens (tertiary/aromatic N) is 3. The molecule has 4 N–H and O–H groups in total. The molecule has 0 saturated heterocycles. The zero-order valence-corrected chi connectivity index (χ0v) is 24.6. The number of nitrogens with one attached hydrogen (secondary N) is 2. The number of hydrogen-bond acceptors (Lipinski definition) is 6. The second kappa shape index (κ2) is 12.1. The third-order valence-electron chi connectivity index (χ3n) is 6.24. The molecule has 0 aliphatic rings. The Labute approximate surface area is 249 Å². The van der Waals surface area contributed by atoms with E-state index in [9.17, 15) is 41.0 Å². The van der Waals surface area contributed by atoms with Crippen molar-refractivity contribution in [3.8, 4) is 23.0 Å². The number of sulfonamides is 1. The first-order chi connectivity index (χ1) is 20.4. The topological polar surface area (TPSA) is 146 Å². The summed E-state index contributed by atoms with van der Waals surface area (Å²) in [6, 6.07) is 6.82. The van der Waals surface area contributed by atoms with Gasteiger partial charge in [-0.15, -0.1) is 0 Å². The van der Waals surface area contributed by atoms with Gasteiger partial charge in [0.2, 0.25) is 10.0 Å². The second-order valence-corrected chi connectivity index (χ2v) is 12.2. The number of fused-ring (bicyclic) bond motifs is 1. The number of anilines is 1. The molecule has 15 heteroatoms. The molecule has 0 aliphatic carbocycles. The lowest BCUT2D eigenvalue weighted by atomic mass is 9.93. The van der Waals surface area contributed by atoms with Gasteiger partial charge >= 0.3 is 6.09 Å². The summed E-state index contributed by atoms with van der Waals surface area (Å²) in [5, 5.41) is 26.0. The maximum Gasteiger partial charge on any atom is 0.405 e. The number of carboxylic acid groups (broad SMARTS) is 1. The van der Waals surface area contributed by atoms with Gasteiger partial charge in [-0.05, 0) is 56.0 Å². The van der Waals surface area contributed by atoms with Gasteiger partial charge in [-0.1, -0.05) is 18.1 Å². The Morgan fingerprint density at radius 3 is 2.30 bits per heavy atom.